The van der Waals surface area contributed by atoms with E-state index >= 15 is 0 Å². The summed E-state index contributed by atoms with van der Waals surface area (Å²) in [6.07, 6.45) is 7.33. The zero-order chi connectivity index (χ0) is 21.8. The SMILES string of the molecule is CCOC(=O)N1CCC=C(/C=C/C(=O)O[C@H](C)/C=C/C(=O)OCc2ccccc2)C1. The van der Waals surface area contributed by atoms with Crippen molar-refractivity contribution < 1.29 is 28.6 Å². The van der Waals surface area contributed by atoms with Crippen LogP contribution in [-0.4, -0.2) is 48.7 Å². The smallest absolute Gasteiger partial charge is 0.410 e. The van der Waals surface area contributed by atoms with E-state index in [4.69, 9.17) is 14.2 Å². The molecule has 1 atom stereocenters. The van der Waals surface area contributed by atoms with E-state index in [1.54, 1.807) is 24.8 Å². The van der Waals surface area contributed by atoms with E-state index in [1.165, 1.54) is 18.2 Å². The predicted octanol–water partition coefficient (Wildman–Crippen LogP) is 3.56. The topological polar surface area (TPSA) is 82.1 Å². The highest BCUT2D eigenvalue weighted by Gasteiger charge is 2.18. The Kier molecular flexibility index (Phi) is 9.37. The zero-order valence-electron chi connectivity index (χ0n) is 17.3. The summed E-state index contributed by atoms with van der Waals surface area (Å²) in [6, 6.07) is 9.34. The van der Waals surface area contributed by atoms with Gasteiger partial charge in [-0.3, -0.25) is 0 Å². The highest BCUT2D eigenvalue weighted by atomic mass is 16.6. The Balaban J connectivity index is 1.74. The Bertz CT molecular complexity index is 812. The first-order valence-corrected chi connectivity index (χ1v) is 9.86. The van der Waals surface area contributed by atoms with Gasteiger partial charge in [0.15, 0.2) is 0 Å². The molecule has 7 nitrogen and oxygen atoms in total. The number of hydrogen-bond donors (Lipinski definition) is 0. The van der Waals surface area contributed by atoms with Gasteiger partial charge >= 0.3 is 18.0 Å². The third-order valence-electron chi connectivity index (χ3n) is 4.17. The number of carbonyl (C=O) groups excluding carboxylic acids is 3. The van der Waals surface area contributed by atoms with Crippen molar-refractivity contribution in [3.63, 3.8) is 0 Å². The standard InChI is InChI=1S/C23H27NO6/c1-3-28-23(27)24-15-7-10-19(16-24)12-14-22(26)30-18(2)11-13-21(25)29-17-20-8-5-4-6-9-20/h4-6,8-14,18H,3,7,15-17H2,1-2H3/b13-11+,14-12+/t18-/m1/s1. The maximum atomic E-state index is 12.0. The number of ether oxygens (including phenoxy) is 3. The molecule has 1 heterocycles. The molecular formula is C23H27NO6. The first-order chi connectivity index (χ1) is 14.5. The second-order valence-electron chi connectivity index (χ2n) is 6.62. The Hall–Kier alpha value is -3.35. The number of esters is 2. The molecule has 0 unspecified atom stereocenters. The van der Waals surface area contributed by atoms with Crippen molar-refractivity contribution in [2.24, 2.45) is 0 Å². The van der Waals surface area contributed by atoms with E-state index in [9.17, 15) is 14.4 Å². The Labute approximate surface area is 176 Å². The van der Waals surface area contributed by atoms with E-state index in [-0.39, 0.29) is 12.7 Å². The Morgan fingerprint density at radius 2 is 1.87 bits per heavy atom. The van der Waals surface area contributed by atoms with Crippen LogP contribution in [-0.2, 0) is 30.4 Å². The molecule has 1 aliphatic rings. The summed E-state index contributed by atoms with van der Waals surface area (Å²) in [5.74, 6) is -1.05. The zero-order valence-corrected chi connectivity index (χ0v) is 17.3. The molecular weight excluding hydrogens is 386 g/mol. The normalized spacial score (nSPS) is 15.0. The number of rotatable bonds is 8. The minimum absolute atomic E-state index is 0.179. The third-order valence-corrected chi connectivity index (χ3v) is 4.17. The molecule has 1 aliphatic heterocycles. The predicted molar refractivity (Wildman–Crippen MR) is 111 cm³/mol. The van der Waals surface area contributed by atoms with Crippen LogP contribution in [0, 0.1) is 0 Å². The second-order valence-corrected chi connectivity index (χ2v) is 6.62. The average molecular weight is 413 g/mol. The van der Waals surface area contributed by atoms with E-state index in [0.29, 0.717) is 26.1 Å². The summed E-state index contributed by atoms with van der Waals surface area (Å²) < 4.78 is 15.3. The van der Waals surface area contributed by atoms with E-state index < -0.39 is 18.0 Å². The lowest BCUT2D eigenvalue weighted by atomic mass is 10.1. The fourth-order valence-electron chi connectivity index (χ4n) is 2.69. The molecule has 160 valence electrons. The van der Waals surface area contributed by atoms with E-state index in [0.717, 1.165) is 11.1 Å². The van der Waals surface area contributed by atoms with Gasteiger partial charge in [-0.1, -0.05) is 42.5 Å². The molecule has 1 aromatic carbocycles. The summed E-state index contributed by atoms with van der Waals surface area (Å²) in [5, 5.41) is 0. The number of nitrogens with zero attached hydrogens (tertiary/aromatic N) is 1. The molecule has 0 radical (unpaired) electrons. The fraction of sp³-hybridized carbons (Fsp3) is 0.348. The van der Waals surface area contributed by atoms with Gasteiger partial charge in [0.1, 0.15) is 12.7 Å². The molecule has 0 spiro atoms. The van der Waals surface area contributed by atoms with Crippen LogP contribution in [0.25, 0.3) is 0 Å². The summed E-state index contributed by atoms with van der Waals surface area (Å²) in [4.78, 5) is 37.1. The van der Waals surface area contributed by atoms with Gasteiger partial charge < -0.3 is 19.1 Å². The lowest BCUT2D eigenvalue weighted by Gasteiger charge is -2.25. The van der Waals surface area contributed by atoms with Crippen LogP contribution < -0.4 is 0 Å². The molecule has 7 heteroatoms. The van der Waals surface area contributed by atoms with Crippen LogP contribution in [0.2, 0.25) is 0 Å². The molecule has 0 bridgehead atoms. The minimum Gasteiger partial charge on any atom is -0.458 e. The summed E-state index contributed by atoms with van der Waals surface area (Å²) in [5.41, 5.74) is 1.72. The third kappa shape index (κ3) is 8.34. The molecule has 1 aromatic rings. The number of hydrogen-bond acceptors (Lipinski definition) is 6. The van der Waals surface area contributed by atoms with Crippen molar-refractivity contribution in [3.8, 4) is 0 Å². The van der Waals surface area contributed by atoms with Crippen LogP contribution in [0.1, 0.15) is 25.8 Å². The first kappa shape index (κ1) is 22.9. The summed E-state index contributed by atoms with van der Waals surface area (Å²) in [6.45, 7) is 4.87. The van der Waals surface area contributed by atoms with Crippen molar-refractivity contribution in [2.45, 2.75) is 33.0 Å². The average Bonchev–Trinajstić information content (AvgIpc) is 2.76. The molecule has 0 saturated heterocycles. The van der Waals surface area contributed by atoms with Crippen molar-refractivity contribution in [3.05, 3.63) is 71.8 Å². The second kappa shape index (κ2) is 12.3. The van der Waals surface area contributed by atoms with Gasteiger partial charge in [0, 0.05) is 25.2 Å². The van der Waals surface area contributed by atoms with Gasteiger partial charge in [-0.15, -0.1) is 0 Å². The highest BCUT2D eigenvalue weighted by molar-refractivity contribution is 5.84. The van der Waals surface area contributed by atoms with Gasteiger partial charge in [-0.2, -0.15) is 0 Å². The molecule has 1 amide bonds. The Morgan fingerprint density at radius 3 is 2.60 bits per heavy atom. The molecule has 0 saturated carbocycles. The Morgan fingerprint density at radius 1 is 1.10 bits per heavy atom. The molecule has 0 fully saturated rings. The van der Waals surface area contributed by atoms with Crippen molar-refractivity contribution in [1.82, 2.24) is 4.90 Å². The minimum atomic E-state index is -0.595. The van der Waals surface area contributed by atoms with Crippen LogP contribution >= 0.6 is 0 Å². The van der Waals surface area contributed by atoms with Gasteiger partial charge in [0.2, 0.25) is 0 Å². The molecule has 0 aromatic heterocycles. The maximum absolute atomic E-state index is 12.0. The summed E-state index contributed by atoms with van der Waals surface area (Å²) >= 11 is 0. The largest absolute Gasteiger partial charge is 0.458 e. The van der Waals surface area contributed by atoms with Crippen molar-refractivity contribution >= 4 is 18.0 Å². The quantitative estimate of drug-likeness (QED) is 0.368. The van der Waals surface area contributed by atoms with Gasteiger partial charge in [-0.05, 0) is 37.5 Å². The lowest BCUT2D eigenvalue weighted by molar-refractivity contribution is -0.141. The monoisotopic (exact) mass is 413 g/mol. The van der Waals surface area contributed by atoms with Crippen molar-refractivity contribution in [1.29, 1.82) is 0 Å². The lowest BCUT2D eigenvalue weighted by Crippen LogP contribution is -2.36. The molecule has 0 aliphatic carbocycles. The van der Waals surface area contributed by atoms with Gasteiger partial charge in [0.05, 0.1) is 6.61 Å². The van der Waals surface area contributed by atoms with Crippen LogP contribution in [0.5, 0.6) is 0 Å². The number of amides is 1. The van der Waals surface area contributed by atoms with Gasteiger partial charge in [0.25, 0.3) is 0 Å². The molecule has 0 N–H and O–H groups in total. The number of benzene rings is 1. The number of carbonyl (C=O) groups is 3. The maximum Gasteiger partial charge on any atom is 0.410 e. The van der Waals surface area contributed by atoms with E-state index in [1.807, 2.05) is 36.4 Å². The van der Waals surface area contributed by atoms with Crippen LogP contribution in [0.15, 0.2) is 66.3 Å². The van der Waals surface area contributed by atoms with E-state index in [2.05, 4.69) is 0 Å². The van der Waals surface area contributed by atoms with Crippen molar-refractivity contribution in [2.75, 3.05) is 19.7 Å². The van der Waals surface area contributed by atoms with Gasteiger partial charge in [-0.25, -0.2) is 14.4 Å². The first-order valence-electron chi connectivity index (χ1n) is 9.86. The van der Waals surface area contributed by atoms with Crippen LogP contribution in [0.4, 0.5) is 4.79 Å². The molecule has 30 heavy (non-hydrogen) atoms. The summed E-state index contributed by atoms with van der Waals surface area (Å²) in [7, 11) is 0. The van der Waals surface area contributed by atoms with Crippen LogP contribution in [0.3, 0.4) is 0 Å². The molecule has 2 rings (SSSR count). The fourth-order valence-corrected chi connectivity index (χ4v) is 2.69. The highest BCUT2D eigenvalue weighted by Crippen LogP contribution is 2.12.